The van der Waals surface area contributed by atoms with Gasteiger partial charge in [-0.2, -0.15) is 0 Å². The van der Waals surface area contributed by atoms with E-state index in [9.17, 15) is 4.79 Å². The molecule has 2 aliphatic carbocycles. The molecule has 3 heteroatoms. The lowest BCUT2D eigenvalue weighted by Crippen LogP contribution is -2.48. The summed E-state index contributed by atoms with van der Waals surface area (Å²) in [5.41, 5.74) is 0.753. The van der Waals surface area contributed by atoms with Crippen LogP contribution < -0.4 is 0 Å². The smallest absolute Gasteiger partial charge is 0.254 e. The molecule has 2 nitrogen and oxygen atoms in total. The standard InChI is InChI=1S/C19H26ClNO/c20-16-9-7-8-15(14-16)19(22)21(17-10-3-1-4-11-17)18-12-5-2-6-13-18/h7-9,14,17-18H,1-6,10-13H2. The molecule has 0 aromatic heterocycles. The highest BCUT2D eigenvalue weighted by Crippen LogP contribution is 2.31. The van der Waals surface area contributed by atoms with Crippen LogP contribution in [-0.2, 0) is 0 Å². The molecule has 0 bridgehead atoms. The maximum Gasteiger partial charge on any atom is 0.254 e. The predicted octanol–water partition coefficient (Wildman–Crippen LogP) is 5.45. The summed E-state index contributed by atoms with van der Waals surface area (Å²) >= 11 is 6.09. The molecule has 0 N–H and O–H groups in total. The summed E-state index contributed by atoms with van der Waals surface area (Å²) in [5.74, 6) is 0.196. The molecule has 0 saturated heterocycles. The second-order valence-electron chi connectivity index (χ2n) is 6.81. The van der Waals surface area contributed by atoms with Crippen LogP contribution >= 0.6 is 11.6 Å². The van der Waals surface area contributed by atoms with E-state index in [0.29, 0.717) is 17.1 Å². The van der Waals surface area contributed by atoms with E-state index in [0.717, 1.165) is 5.56 Å². The van der Waals surface area contributed by atoms with Gasteiger partial charge in [0.05, 0.1) is 0 Å². The summed E-state index contributed by atoms with van der Waals surface area (Å²) in [4.78, 5) is 15.4. The first-order chi connectivity index (χ1) is 10.8. The highest BCUT2D eigenvalue weighted by molar-refractivity contribution is 6.30. The molecule has 2 aliphatic rings. The Bertz CT molecular complexity index is 486. The number of nitrogens with zero attached hydrogens (tertiary/aromatic N) is 1. The summed E-state index contributed by atoms with van der Waals surface area (Å²) in [5, 5.41) is 0.651. The van der Waals surface area contributed by atoms with E-state index < -0.39 is 0 Å². The number of carbonyl (C=O) groups is 1. The monoisotopic (exact) mass is 319 g/mol. The lowest BCUT2D eigenvalue weighted by atomic mass is 9.88. The molecule has 0 spiro atoms. The Balaban J connectivity index is 1.84. The van der Waals surface area contributed by atoms with Gasteiger partial charge in [0.15, 0.2) is 0 Å². The fraction of sp³-hybridized carbons (Fsp3) is 0.632. The minimum absolute atomic E-state index is 0.196. The molecular formula is C19H26ClNO. The Labute approximate surface area is 138 Å². The molecule has 120 valence electrons. The normalized spacial score (nSPS) is 20.8. The predicted molar refractivity (Wildman–Crippen MR) is 91.4 cm³/mol. The van der Waals surface area contributed by atoms with E-state index >= 15 is 0 Å². The lowest BCUT2D eigenvalue weighted by molar-refractivity contribution is 0.0448. The van der Waals surface area contributed by atoms with Crippen molar-refractivity contribution in [2.45, 2.75) is 76.3 Å². The van der Waals surface area contributed by atoms with Crippen molar-refractivity contribution in [1.82, 2.24) is 4.90 Å². The van der Waals surface area contributed by atoms with Crippen LogP contribution in [0.1, 0.15) is 74.6 Å². The van der Waals surface area contributed by atoms with Crippen LogP contribution in [0.4, 0.5) is 0 Å². The molecule has 3 rings (SSSR count). The van der Waals surface area contributed by atoms with E-state index in [1.807, 2.05) is 24.3 Å². The Hall–Kier alpha value is -1.02. The number of hydrogen-bond donors (Lipinski definition) is 0. The van der Waals surface area contributed by atoms with Crippen LogP contribution in [-0.4, -0.2) is 22.9 Å². The van der Waals surface area contributed by atoms with Crippen LogP contribution in [0.5, 0.6) is 0 Å². The van der Waals surface area contributed by atoms with E-state index in [2.05, 4.69) is 4.90 Å². The van der Waals surface area contributed by atoms with Crippen LogP contribution in [0.3, 0.4) is 0 Å². The number of rotatable bonds is 3. The first kappa shape index (κ1) is 15.9. The average Bonchev–Trinajstić information content (AvgIpc) is 2.57. The van der Waals surface area contributed by atoms with Crippen molar-refractivity contribution in [3.05, 3.63) is 34.9 Å². The molecule has 1 aromatic rings. The molecule has 0 aliphatic heterocycles. The maximum atomic E-state index is 13.2. The highest BCUT2D eigenvalue weighted by Gasteiger charge is 2.32. The van der Waals surface area contributed by atoms with Gasteiger partial charge in [-0.3, -0.25) is 4.79 Å². The van der Waals surface area contributed by atoms with Gasteiger partial charge in [-0.15, -0.1) is 0 Å². The molecule has 1 aromatic carbocycles. The minimum atomic E-state index is 0.196. The van der Waals surface area contributed by atoms with Gasteiger partial charge in [-0.1, -0.05) is 56.2 Å². The van der Waals surface area contributed by atoms with Gasteiger partial charge in [0, 0.05) is 22.7 Å². The number of halogens is 1. The van der Waals surface area contributed by atoms with Crippen molar-refractivity contribution in [3.8, 4) is 0 Å². The third-order valence-electron chi connectivity index (χ3n) is 5.24. The lowest BCUT2D eigenvalue weighted by Gasteiger charge is -2.42. The van der Waals surface area contributed by atoms with Crippen LogP contribution in [0.15, 0.2) is 24.3 Å². The summed E-state index contributed by atoms with van der Waals surface area (Å²) in [7, 11) is 0. The summed E-state index contributed by atoms with van der Waals surface area (Å²) in [6.07, 6.45) is 12.4. The summed E-state index contributed by atoms with van der Waals surface area (Å²) < 4.78 is 0. The SMILES string of the molecule is O=C(c1cccc(Cl)c1)N(C1CCCCC1)C1CCCCC1. The molecule has 0 radical (unpaired) electrons. The van der Waals surface area contributed by atoms with Crippen molar-refractivity contribution < 1.29 is 4.79 Å². The summed E-state index contributed by atoms with van der Waals surface area (Å²) in [6.45, 7) is 0. The van der Waals surface area contributed by atoms with Crippen molar-refractivity contribution in [2.24, 2.45) is 0 Å². The second kappa shape index (κ2) is 7.50. The fourth-order valence-corrected chi connectivity index (χ4v) is 4.31. The minimum Gasteiger partial charge on any atom is -0.333 e. The summed E-state index contributed by atoms with van der Waals surface area (Å²) in [6, 6.07) is 8.32. The molecule has 0 heterocycles. The van der Waals surface area contributed by atoms with Crippen LogP contribution in [0.25, 0.3) is 0 Å². The second-order valence-corrected chi connectivity index (χ2v) is 7.24. The molecule has 2 saturated carbocycles. The van der Waals surface area contributed by atoms with Gasteiger partial charge < -0.3 is 4.90 Å². The van der Waals surface area contributed by atoms with Crippen molar-refractivity contribution in [2.75, 3.05) is 0 Å². The third kappa shape index (κ3) is 3.65. The van der Waals surface area contributed by atoms with Gasteiger partial charge in [-0.05, 0) is 43.9 Å². The van der Waals surface area contributed by atoms with E-state index in [-0.39, 0.29) is 5.91 Å². The zero-order valence-electron chi connectivity index (χ0n) is 13.3. The third-order valence-corrected chi connectivity index (χ3v) is 5.48. The van der Waals surface area contributed by atoms with E-state index in [1.165, 1.54) is 64.2 Å². The Morgan fingerprint density at radius 2 is 1.45 bits per heavy atom. The van der Waals surface area contributed by atoms with Crippen LogP contribution in [0.2, 0.25) is 5.02 Å². The van der Waals surface area contributed by atoms with Crippen LogP contribution in [0, 0.1) is 0 Å². The fourth-order valence-electron chi connectivity index (χ4n) is 4.12. The molecule has 2 fully saturated rings. The quantitative estimate of drug-likeness (QED) is 0.725. The van der Waals surface area contributed by atoms with Gasteiger partial charge in [0.25, 0.3) is 5.91 Å². The molecule has 0 unspecified atom stereocenters. The average molecular weight is 320 g/mol. The van der Waals surface area contributed by atoms with Gasteiger partial charge >= 0.3 is 0 Å². The first-order valence-corrected chi connectivity index (χ1v) is 9.22. The van der Waals surface area contributed by atoms with Crippen molar-refractivity contribution >= 4 is 17.5 Å². The zero-order valence-corrected chi connectivity index (χ0v) is 14.0. The Morgan fingerprint density at radius 3 is 1.95 bits per heavy atom. The highest BCUT2D eigenvalue weighted by atomic mass is 35.5. The van der Waals surface area contributed by atoms with Gasteiger partial charge in [-0.25, -0.2) is 0 Å². The Kier molecular flexibility index (Phi) is 5.41. The molecular weight excluding hydrogens is 294 g/mol. The number of amides is 1. The van der Waals surface area contributed by atoms with Crippen molar-refractivity contribution in [1.29, 1.82) is 0 Å². The number of carbonyl (C=O) groups excluding carboxylic acids is 1. The topological polar surface area (TPSA) is 20.3 Å². The van der Waals surface area contributed by atoms with Gasteiger partial charge in [0.1, 0.15) is 0 Å². The van der Waals surface area contributed by atoms with Crippen molar-refractivity contribution in [3.63, 3.8) is 0 Å². The van der Waals surface area contributed by atoms with Gasteiger partial charge in [0.2, 0.25) is 0 Å². The molecule has 1 amide bonds. The molecule has 0 atom stereocenters. The number of benzene rings is 1. The maximum absolute atomic E-state index is 13.2. The van der Waals surface area contributed by atoms with E-state index in [4.69, 9.17) is 11.6 Å². The first-order valence-electron chi connectivity index (χ1n) is 8.84. The molecule has 22 heavy (non-hydrogen) atoms. The zero-order chi connectivity index (χ0) is 15.4. The Morgan fingerprint density at radius 1 is 0.909 bits per heavy atom. The number of hydrogen-bond acceptors (Lipinski definition) is 1. The van der Waals surface area contributed by atoms with E-state index in [1.54, 1.807) is 0 Å². The largest absolute Gasteiger partial charge is 0.333 e.